The molecule has 2 aromatic rings. The van der Waals surface area contributed by atoms with Crippen LogP contribution in [0.5, 0.6) is 5.75 Å². The van der Waals surface area contributed by atoms with Gasteiger partial charge in [-0.15, -0.1) is 0 Å². The number of nitrogens with one attached hydrogen (secondary N) is 1. The van der Waals surface area contributed by atoms with E-state index in [1.54, 1.807) is 23.1 Å². The number of likely N-dealkylation sites (tertiary alicyclic amines) is 1. The highest BCUT2D eigenvalue weighted by atomic mass is 16.3. The molecule has 1 aliphatic heterocycles. The highest BCUT2D eigenvalue weighted by Crippen LogP contribution is 2.21. The molecule has 0 bridgehead atoms. The quantitative estimate of drug-likeness (QED) is 0.869. The lowest BCUT2D eigenvalue weighted by molar-refractivity contribution is 0.0695. The van der Waals surface area contributed by atoms with E-state index in [0.29, 0.717) is 43.0 Å². The van der Waals surface area contributed by atoms with Gasteiger partial charge in [-0.05, 0) is 48.6 Å². The van der Waals surface area contributed by atoms with Crippen LogP contribution in [0.2, 0.25) is 0 Å². The van der Waals surface area contributed by atoms with Crippen molar-refractivity contribution in [3.63, 3.8) is 0 Å². The summed E-state index contributed by atoms with van der Waals surface area (Å²) in [5, 5.41) is 12.9. The lowest BCUT2D eigenvalue weighted by Gasteiger charge is -2.32. The molecule has 1 heterocycles. The van der Waals surface area contributed by atoms with Gasteiger partial charge in [-0.2, -0.15) is 0 Å². The maximum Gasteiger partial charge on any atom is 0.257 e. The third-order valence-corrected chi connectivity index (χ3v) is 5.09. The van der Waals surface area contributed by atoms with Crippen molar-refractivity contribution in [2.45, 2.75) is 38.6 Å². The van der Waals surface area contributed by atoms with Crippen molar-refractivity contribution in [3.05, 3.63) is 65.2 Å². The summed E-state index contributed by atoms with van der Waals surface area (Å²) in [6, 6.07) is 14.3. The highest BCUT2D eigenvalue weighted by molar-refractivity contribution is 5.97. The Morgan fingerprint density at radius 3 is 2.26 bits per heavy atom. The Morgan fingerprint density at radius 1 is 1.04 bits per heavy atom. The van der Waals surface area contributed by atoms with Crippen LogP contribution in [0.25, 0.3) is 0 Å². The second-order valence-electron chi connectivity index (χ2n) is 7.33. The SMILES string of the molecule is CC(C)c1ccc(C(=O)NC2CCN(C(=O)c3ccccc3O)CC2)cc1. The predicted octanol–water partition coefficient (Wildman–Crippen LogP) is 3.55. The molecule has 5 nitrogen and oxygen atoms in total. The third-order valence-electron chi connectivity index (χ3n) is 5.09. The van der Waals surface area contributed by atoms with Crippen LogP contribution in [0.3, 0.4) is 0 Å². The van der Waals surface area contributed by atoms with Crippen LogP contribution >= 0.6 is 0 Å². The largest absolute Gasteiger partial charge is 0.507 e. The summed E-state index contributed by atoms with van der Waals surface area (Å²) in [4.78, 5) is 26.7. The molecule has 142 valence electrons. The van der Waals surface area contributed by atoms with E-state index in [4.69, 9.17) is 0 Å². The molecule has 1 saturated heterocycles. The highest BCUT2D eigenvalue weighted by Gasteiger charge is 2.26. The minimum absolute atomic E-state index is 0.00257. The lowest BCUT2D eigenvalue weighted by atomic mass is 10.0. The number of aromatic hydroxyl groups is 1. The molecular weight excluding hydrogens is 340 g/mol. The van der Waals surface area contributed by atoms with Crippen LogP contribution in [0.1, 0.15) is 58.9 Å². The van der Waals surface area contributed by atoms with Gasteiger partial charge >= 0.3 is 0 Å². The summed E-state index contributed by atoms with van der Waals surface area (Å²) in [5.74, 6) is 0.203. The number of piperidine rings is 1. The molecule has 1 fully saturated rings. The number of para-hydroxylation sites is 1. The van der Waals surface area contributed by atoms with E-state index >= 15 is 0 Å². The van der Waals surface area contributed by atoms with Crippen LogP contribution in [-0.4, -0.2) is 41.0 Å². The molecule has 1 aliphatic rings. The molecule has 0 spiro atoms. The van der Waals surface area contributed by atoms with E-state index in [1.165, 1.54) is 11.6 Å². The van der Waals surface area contributed by atoms with Gasteiger partial charge in [-0.25, -0.2) is 0 Å². The minimum atomic E-state index is -0.165. The normalized spacial score (nSPS) is 15.0. The zero-order valence-electron chi connectivity index (χ0n) is 15.8. The van der Waals surface area contributed by atoms with Crippen LogP contribution in [0.15, 0.2) is 48.5 Å². The van der Waals surface area contributed by atoms with Gasteiger partial charge in [0.2, 0.25) is 0 Å². The first-order chi connectivity index (χ1) is 13.0. The number of carbonyl (C=O) groups excluding carboxylic acids is 2. The molecule has 5 heteroatoms. The average molecular weight is 366 g/mol. The molecule has 2 N–H and O–H groups in total. The van der Waals surface area contributed by atoms with Gasteiger partial charge in [0, 0.05) is 24.7 Å². The van der Waals surface area contributed by atoms with Crippen LogP contribution in [0, 0.1) is 0 Å². The maximum atomic E-state index is 12.5. The lowest BCUT2D eigenvalue weighted by Crippen LogP contribution is -2.46. The van der Waals surface area contributed by atoms with Crippen molar-refractivity contribution in [2.75, 3.05) is 13.1 Å². The van der Waals surface area contributed by atoms with Gasteiger partial charge in [0.1, 0.15) is 5.75 Å². The Labute approximate surface area is 160 Å². The van der Waals surface area contributed by atoms with Crippen molar-refractivity contribution in [2.24, 2.45) is 0 Å². The van der Waals surface area contributed by atoms with Crippen molar-refractivity contribution in [1.82, 2.24) is 10.2 Å². The van der Waals surface area contributed by atoms with E-state index in [-0.39, 0.29) is 23.6 Å². The Kier molecular flexibility index (Phi) is 5.79. The van der Waals surface area contributed by atoms with E-state index < -0.39 is 0 Å². The molecule has 27 heavy (non-hydrogen) atoms. The summed E-state index contributed by atoms with van der Waals surface area (Å²) in [6.45, 7) is 5.37. The fourth-order valence-corrected chi connectivity index (χ4v) is 3.34. The summed E-state index contributed by atoms with van der Waals surface area (Å²) in [6.07, 6.45) is 1.41. The van der Waals surface area contributed by atoms with Crippen molar-refractivity contribution >= 4 is 11.8 Å². The third kappa shape index (κ3) is 4.48. The number of nitrogens with zero attached hydrogens (tertiary/aromatic N) is 1. The molecule has 2 amide bonds. The molecular formula is C22H26N2O3. The second-order valence-corrected chi connectivity index (χ2v) is 7.33. The van der Waals surface area contributed by atoms with Crippen LogP contribution in [0.4, 0.5) is 0 Å². The van der Waals surface area contributed by atoms with Crippen molar-refractivity contribution in [3.8, 4) is 5.75 Å². The summed E-state index contributed by atoms with van der Waals surface area (Å²) < 4.78 is 0. The smallest absolute Gasteiger partial charge is 0.257 e. The number of hydrogen-bond donors (Lipinski definition) is 2. The second kappa shape index (κ2) is 8.25. The molecule has 0 aliphatic carbocycles. The van der Waals surface area contributed by atoms with E-state index in [9.17, 15) is 14.7 Å². The Morgan fingerprint density at radius 2 is 1.67 bits per heavy atom. The minimum Gasteiger partial charge on any atom is -0.507 e. The fraction of sp³-hybridized carbons (Fsp3) is 0.364. The van der Waals surface area contributed by atoms with Gasteiger partial charge in [0.05, 0.1) is 5.56 Å². The van der Waals surface area contributed by atoms with Gasteiger partial charge in [0.15, 0.2) is 0 Å². The van der Waals surface area contributed by atoms with Crippen LogP contribution in [-0.2, 0) is 0 Å². The van der Waals surface area contributed by atoms with Crippen molar-refractivity contribution in [1.29, 1.82) is 0 Å². The first-order valence-corrected chi connectivity index (χ1v) is 9.44. The Bertz CT molecular complexity index is 807. The number of hydrogen-bond acceptors (Lipinski definition) is 3. The van der Waals surface area contributed by atoms with E-state index in [1.807, 2.05) is 24.3 Å². The van der Waals surface area contributed by atoms with Gasteiger partial charge in [-0.3, -0.25) is 9.59 Å². The number of carbonyl (C=O) groups is 2. The number of phenolic OH excluding ortho intramolecular Hbond substituents is 1. The average Bonchev–Trinajstić information content (AvgIpc) is 2.68. The van der Waals surface area contributed by atoms with E-state index in [2.05, 4.69) is 19.2 Å². The molecule has 0 atom stereocenters. The zero-order chi connectivity index (χ0) is 19.4. The molecule has 0 saturated carbocycles. The van der Waals surface area contributed by atoms with Crippen LogP contribution < -0.4 is 5.32 Å². The monoisotopic (exact) mass is 366 g/mol. The summed E-state index contributed by atoms with van der Waals surface area (Å²) in [5.41, 5.74) is 2.19. The number of phenols is 1. The Hall–Kier alpha value is -2.82. The first kappa shape index (κ1) is 19.0. The number of benzene rings is 2. The van der Waals surface area contributed by atoms with Gasteiger partial charge in [0.25, 0.3) is 11.8 Å². The van der Waals surface area contributed by atoms with Gasteiger partial charge < -0.3 is 15.3 Å². The van der Waals surface area contributed by atoms with E-state index in [0.717, 1.165) is 0 Å². The first-order valence-electron chi connectivity index (χ1n) is 9.44. The predicted molar refractivity (Wildman–Crippen MR) is 105 cm³/mol. The zero-order valence-corrected chi connectivity index (χ0v) is 15.8. The maximum absolute atomic E-state index is 12.5. The summed E-state index contributed by atoms with van der Waals surface area (Å²) >= 11 is 0. The number of rotatable bonds is 4. The molecule has 0 unspecified atom stereocenters. The fourth-order valence-electron chi connectivity index (χ4n) is 3.34. The molecule has 0 radical (unpaired) electrons. The Balaban J connectivity index is 1.54. The molecule has 0 aromatic heterocycles. The standard InChI is InChI=1S/C22H26N2O3/c1-15(2)16-7-9-17(10-8-16)21(26)23-18-11-13-24(14-12-18)22(27)19-5-3-4-6-20(19)25/h3-10,15,18,25H,11-14H2,1-2H3,(H,23,26). The van der Waals surface area contributed by atoms with Crippen molar-refractivity contribution < 1.29 is 14.7 Å². The molecule has 2 aromatic carbocycles. The topological polar surface area (TPSA) is 69.6 Å². The number of amides is 2. The van der Waals surface area contributed by atoms with Gasteiger partial charge in [-0.1, -0.05) is 38.1 Å². The summed E-state index contributed by atoms with van der Waals surface area (Å²) in [7, 11) is 0. The molecule has 3 rings (SSSR count).